The number of hydrogen-bond acceptors (Lipinski definition) is 4. The lowest BCUT2D eigenvalue weighted by atomic mass is 10.1. The van der Waals surface area contributed by atoms with E-state index < -0.39 is 9.84 Å². The minimum Gasteiger partial charge on any atom is -0.240 e. The molecule has 0 saturated heterocycles. The summed E-state index contributed by atoms with van der Waals surface area (Å²) in [6.07, 6.45) is 3.10. The van der Waals surface area contributed by atoms with Crippen molar-refractivity contribution < 1.29 is 8.42 Å². The van der Waals surface area contributed by atoms with Crippen molar-refractivity contribution in [2.75, 3.05) is 0 Å². The van der Waals surface area contributed by atoms with Crippen LogP contribution >= 0.6 is 0 Å². The van der Waals surface area contributed by atoms with Crippen LogP contribution in [-0.2, 0) is 21.3 Å². The molecular weight excluding hydrogens is 284 g/mol. The van der Waals surface area contributed by atoms with Gasteiger partial charge in [-0.1, -0.05) is 42.5 Å². The SMILES string of the molecule is O=S(=O)(Cc1ncccn1)Cc1cccc2ccccc12. The van der Waals surface area contributed by atoms with Crippen molar-refractivity contribution in [3.8, 4) is 0 Å². The van der Waals surface area contributed by atoms with Gasteiger partial charge >= 0.3 is 0 Å². The molecule has 0 aliphatic rings. The first-order valence-corrected chi connectivity index (χ1v) is 8.39. The molecule has 3 aromatic rings. The largest absolute Gasteiger partial charge is 0.240 e. The normalized spacial score (nSPS) is 11.6. The Morgan fingerprint density at radius 1 is 0.810 bits per heavy atom. The summed E-state index contributed by atoms with van der Waals surface area (Å²) in [5.41, 5.74) is 0.809. The first kappa shape index (κ1) is 13.7. The van der Waals surface area contributed by atoms with Crippen LogP contribution < -0.4 is 0 Å². The highest BCUT2D eigenvalue weighted by atomic mass is 32.2. The van der Waals surface area contributed by atoms with Crippen molar-refractivity contribution in [3.05, 3.63) is 72.3 Å². The molecule has 106 valence electrons. The number of sulfone groups is 1. The maximum atomic E-state index is 12.3. The molecule has 4 nitrogen and oxygen atoms in total. The molecule has 0 radical (unpaired) electrons. The molecule has 0 bridgehead atoms. The third kappa shape index (κ3) is 3.25. The molecule has 3 rings (SSSR count). The third-order valence-electron chi connectivity index (χ3n) is 3.22. The fourth-order valence-corrected chi connectivity index (χ4v) is 3.68. The van der Waals surface area contributed by atoms with E-state index in [0.29, 0.717) is 5.82 Å². The molecule has 1 aromatic heterocycles. The van der Waals surface area contributed by atoms with Crippen LogP contribution in [0.4, 0.5) is 0 Å². The lowest BCUT2D eigenvalue weighted by molar-refractivity contribution is 0.593. The van der Waals surface area contributed by atoms with E-state index >= 15 is 0 Å². The van der Waals surface area contributed by atoms with Gasteiger partial charge in [-0.15, -0.1) is 0 Å². The van der Waals surface area contributed by atoms with Gasteiger partial charge in [0.05, 0.1) is 5.75 Å². The number of fused-ring (bicyclic) bond motifs is 1. The minimum atomic E-state index is -3.30. The highest BCUT2D eigenvalue weighted by Gasteiger charge is 2.16. The third-order valence-corrected chi connectivity index (χ3v) is 4.67. The van der Waals surface area contributed by atoms with Crippen molar-refractivity contribution in [1.82, 2.24) is 9.97 Å². The van der Waals surface area contributed by atoms with E-state index in [0.717, 1.165) is 16.3 Å². The summed E-state index contributed by atoms with van der Waals surface area (Å²) in [5.74, 6) is 0.182. The number of rotatable bonds is 4. The lowest BCUT2D eigenvalue weighted by Gasteiger charge is -2.07. The predicted octanol–water partition coefficient (Wildman–Crippen LogP) is 2.74. The topological polar surface area (TPSA) is 59.9 Å². The van der Waals surface area contributed by atoms with E-state index in [2.05, 4.69) is 9.97 Å². The van der Waals surface area contributed by atoms with E-state index in [1.807, 2.05) is 42.5 Å². The van der Waals surface area contributed by atoms with Crippen LogP contribution in [0.1, 0.15) is 11.4 Å². The summed E-state index contributed by atoms with van der Waals surface area (Å²) >= 11 is 0. The zero-order valence-corrected chi connectivity index (χ0v) is 12.1. The molecule has 0 amide bonds. The van der Waals surface area contributed by atoms with E-state index in [9.17, 15) is 8.42 Å². The van der Waals surface area contributed by atoms with Crippen molar-refractivity contribution in [2.45, 2.75) is 11.5 Å². The Morgan fingerprint density at radius 2 is 1.52 bits per heavy atom. The van der Waals surface area contributed by atoms with Gasteiger partial charge < -0.3 is 0 Å². The molecule has 0 spiro atoms. The molecular formula is C16H14N2O2S. The summed E-state index contributed by atoms with van der Waals surface area (Å²) < 4.78 is 24.7. The fourth-order valence-electron chi connectivity index (χ4n) is 2.31. The van der Waals surface area contributed by atoms with Gasteiger partial charge in [0.1, 0.15) is 11.6 Å². The molecule has 0 saturated carbocycles. The predicted molar refractivity (Wildman–Crippen MR) is 82.3 cm³/mol. The van der Waals surface area contributed by atoms with Gasteiger partial charge in [0.25, 0.3) is 0 Å². The van der Waals surface area contributed by atoms with E-state index in [4.69, 9.17) is 0 Å². The molecule has 0 unspecified atom stereocenters. The van der Waals surface area contributed by atoms with Gasteiger partial charge in [0.15, 0.2) is 9.84 Å². The Bertz CT molecular complexity index is 856. The molecule has 0 aliphatic carbocycles. The van der Waals surface area contributed by atoms with Crippen molar-refractivity contribution in [2.24, 2.45) is 0 Å². The first-order chi connectivity index (χ1) is 10.1. The van der Waals surface area contributed by atoms with Crippen LogP contribution in [0.25, 0.3) is 10.8 Å². The lowest BCUT2D eigenvalue weighted by Crippen LogP contribution is -2.10. The Labute approximate surface area is 123 Å². The van der Waals surface area contributed by atoms with Crippen molar-refractivity contribution in [1.29, 1.82) is 0 Å². The van der Waals surface area contributed by atoms with Gasteiger partial charge in [-0.2, -0.15) is 0 Å². The van der Waals surface area contributed by atoms with Crippen molar-refractivity contribution >= 4 is 20.6 Å². The van der Waals surface area contributed by atoms with E-state index in [-0.39, 0.29) is 11.5 Å². The number of aromatic nitrogens is 2. The zero-order valence-electron chi connectivity index (χ0n) is 11.3. The van der Waals surface area contributed by atoms with Crippen LogP contribution in [0.5, 0.6) is 0 Å². The highest BCUT2D eigenvalue weighted by molar-refractivity contribution is 7.89. The summed E-state index contributed by atoms with van der Waals surface area (Å²) in [6.45, 7) is 0. The maximum absolute atomic E-state index is 12.3. The van der Waals surface area contributed by atoms with Crippen molar-refractivity contribution in [3.63, 3.8) is 0 Å². The highest BCUT2D eigenvalue weighted by Crippen LogP contribution is 2.21. The second kappa shape index (κ2) is 5.61. The monoisotopic (exact) mass is 298 g/mol. The number of benzene rings is 2. The van der Waals surface area contributed by atoms with E-state index in [1.165, 1.54) is 0 Å². The minimum absolute atomic E-state index is 0.00733. The van der Waals surface area contributed by atoms with E-state index in [1.54, 1.807) is 18.5 Å². The molecule has 21 heavy (non-hydrogen) atoms. The van der Waals surface area contributed by atoms with Gasteiger partial charge in [-0.25, -0.2) is 18.4 Å². The summed E-state index contributed by atoms with van der Waals surface area (Å²) in [5, 5.41) is 2.01. The molecule has 0 atom stereocenters. The van der Waals surface area contributed by atoms with Gasteiger partial charge in [0, 0.05) is 12.4 Å². The molecule has 0 aliphatic heterocycles. The van der Waals surface area contributed by atoms with Crippen LogP contribution in [0.15, 0.2) is 60.9 Å². The molecule has 0 N–H and O–H groups in total. The van der Waals surface area contributed by atoms with Crippen LogP contribution in [-0.4, -0.2) is 18.4 Å². The Morgan fingerprint density at radius 3 is 2.33 bits per heavy atom. The van der Waals surface area contributed by atoms with Gasteiger partial charge in [-0.05, 0) is 22.4 Å². The Balaban J connectivity index is 1.91. The van der Waals surface area contributed by atoms with Crippen LogP contribution in [0.3, 0.4) is 0 Å². The maximum Gasteiger partial charge on any atom is 0.161 e. The standard InChI is InChI=1S/C16H14N2O2S/c19-21(20,12-16-17-9-4-10-18-16)11-14-7-3-6-13-5-1-2-8-15(13)14/h1-10H,11-12H2. The Hall–Kier alpha value is -2.27. The second-order valence-corrected chi connectivity index (χ2v) is 6.90. The summed E-state index contributed by atoms with van der Waals surface area (Å²) in [4.78, 5) is 7.96. The second-order valence-electron chi connectivity index (χ2n) is 4.84. The molecule has 5 heteroatoms. The molecule has 1 heterocycles. The summed E-state index contributed by atoms with van der Waals surface area (Å²) in [7, 11) is -3.30. The van der Waals surface area contributed by atoms with Crippen LogP contribution in [0.2, 0.25) is 0 Å². The molecule has 0 fully saturated rings. The average molecular weight is 298 g/mol. The van der Waals surface area contributed by atoms with Gasteiger partial charge in [-0.3, -0.25) is 0 Å². The average Bonchev–Trinajstić information content (AvgIpc) is 2.48. The summed E-state index contributed by atoms with van der Waals surface area (Å²) in [6, 6.07) is 15.2. The number of nitrogens with zero attached hydrogens (tertiary/aromatic N) is 2. The molecule has 2 aromatic carbocycles. The smallest absolute Gasteiger partial charge is 0.161 e. The number of hydrogen-bond donors (Lipinski definition) is 0. The quantitative estimate of drug-likeness (QED) is 0.743. The van der Waals surface area contributed by atoms with Crippen LogP contribution in [0, 0.1) is 0 Å². The zero-order chi connectivity index (χ0) is 14.7. The first-order valence-electron chi connectivity index (χ1n) is 6.57. The fraction of sp³-hybridized carbons (Fsp3) is 0.125. The van der Waals surface area contributed by atoms with Gasteiger partial charge in [0.2, 0.25) is 0 Å². The Kier molecular flexibility index (Phi) is 3.66.